The van der Waals surface area contributed by atoms with Crippen molar-refractivity contribution in [1.29, 1.82) is 0 Å². The van der Waals surface area contributed by atoms with E-state index in [0.29, 0.717) is 10.8 Å². The second-order valence-corrected chi connectivity index (χ2v) is 4.77. The predicted molar refractivity (Wildman–Crippen MR) is 78.2 cm³/mol. The summed E-state index contributed by atoms with van der Waals surface area (Å²) in [6.45, 7) is 1.97. The zero-order valence-electron chi connectivity index (χ0n) is 10.5. The molecule has 0 saturated carbocycles. The number of halogens is 2. The van der Waals surface area contributed by atoms with Crippen molar-refractivity contribution in [1.82, 2.24) is 10.6 Å². The molecule has 4 nitrogen and oxygen atoms in total. The van der Waals surface area contributed by atoms with E-state index in [2.05, 4.69) is 10.6 Å². The number of benzene rings is 1. The van der Waals surface area contributed by atoms with E-state index in [4.69, 9.17) is 16.3 Å². The molecule has 0 atom stereocenters. The summed E-state index contributed by atoms with van der Waals surface area (Å²) in [5.41, 5.74) is 0. The van der Waals surface area contributed by atoms with Gasteiger partial charge in [0.2, 0.25) is 0 Å². The number of carbonyl (C=O) groups is 1. The zero-order valence-corrected chi connectivity index (χ0v) is 12.1. The first-order chi connectivity index (χ1) is 8.74. The molecule has 1 aliphatic heterocycles. The van der Waals surface area contributed by atoms with Gasteiger partial charge >= 0.3 is 0 Å². The molecule has 1 fully saturated rings. The van der Waals surface area contributed by atoms with Gasteiger partial charge in [0.15, 0.2) is 6.61 Å². The summed E-state index contributed by atoms with van der Waals surface area (Å²) in [5.74, 6) is 0.580. The van der Waals surface area contributed by atoms with E-state index in [0.717, 1.165) is 25.9 Å². The van der Waals surface area contributed by atoms with Crippen LogP contribution in [0, 0.1) is 0 Å². The van der Waals surface area contributed by atoms with Crippen molar-refractivity contribution < 1.29 is 9.53 Å². The topological polar surface area (TPSA) is 50.4 Å². The molecule has 1 heterocycles. The summed E-state index contributed by atoms with van der Waals surface area (Å²) < 4.78 is 5.38. The summed E-state index contributed by atoms with van der Waals surface area (Å²) in [6, 6.07) is 7.25. The fourth-order valence-corrected chi connectivity index (χ4v) is 2.04. The Morgan fingerprint density at radius 3 is 2.58 bits per heavy atom. The largest absolute Gasteiger partial charge is 0.484 e. The van der Waals surface area contributed by atoms with Gasteiger partial charge in [-0.3, -0.25) is 4.79 Å². The van der Waals surface area contributed by atoms with Crippen molar-refractivity contribution in [3.05, 3.63) is 29.3 Å². The molecule has 2 N–H and O–H groups in total. The Morgan fingerprint density at radius 1 is 1.32 bits per heavy atom. The fraction of sp³-hybridized carbons (Fsp3) is 0.462. The normalized spacial score (nSPS) is 15.4. The highest BCUT2D eigenvalue weighted by Gasteiger charge is 2.15. The summed E-state index contributed by atoms with van der Waals surface area (Å²) in [4.78, 5) is 11.7. The Morgan fingerprint density at radius 2 is 1.95 bits per heavy atom. The van der Waals surface area contributed by atoms with Gasteiger partial charge in [0.05, 0.1) is 0 Å². The van der Waals surface area contributed by atoms with Crippen LogP contribution in [0.5, 0.6) is 5.75 Å². The lowest BCUT2D eigenvalue weighted by molar-refractivity contribution is -0.123. The molecule has 0 bridgehead atoms. The van der Waals surface area contributed by atoms with Crippen molar-refractivity contribution in [2.45, 2.75) is 18.9 Å². The molecular weight excluding hydrogens is 287 g/mol. The first-order valence-electron chi connectivity index (χ1n) is 6.12. The molecule has 0 unspecified atom stereocenters. The monoisotopic (exact) mass is 304 g/mol. The molecule has 106 valence electrons. The molecule has 0 aliphatic carbocycles. The lowest BCUT2D eigenvalue weighted by Crippen LogP contribution is -2.44. The van der Waals surface area contributed by atoms with E-state index in [1.54, 1.807) is 24.3 Å². The van der Waals surface area contributed by atoms with Gasteiger partial charge < -0.3 is 15.4 Å². The van der Waals surface area contributed by atoms with Crippen molar-refractivity contribution >= 4 is 29.9 Å². The number of hydrogen-bond donors (Lipinski definition) is 2. The van der Waals surface area contributed by atoms with Crippen LogP contribution in [0.4, 0.5) is 0 Å². The zero-order chi connectivity index (χ0) is 12.8. The first-order valence-corrected chi connectivity index (χ1v) is 6.50. The smallest absolute Gasteiger partial charge is 0.258 e. The second-order valence-electron chi connectivity index (χ2n) is 4.33. The number of nitrogens with one attached hydrogen (secondary N) is 2. The van der Waals surface area contributed by atoms with Crippen LogP contribution in [0.1, 0.15) is 12.8 Å². The number of piperidine rings is 1. The van der Waals surface area contributed by atoms with Crippen LogP contribution < -0.4 is 15.4 Å². The maximum Gasteiger partial charge on any atom is 0.258 e. The van der Waals surface area contributed by atoms with E-state index < -0.39 is 0 Å². The van der Waals surface area contributed by atoms with Crippen molar-refractivity contribution in [3.8, 4) is 5.75 Å². The van der Waals surface area contributed by atoms with E-state index in [1.807, 2.05) is 0 Å². The Hall–Kier alpha value is -0.970. The van der Waals surface area contributed by atoms with Gasteiger partial charge in [0.25, 0.3) is 5.91 Å². The molecule has 1 aromatic carbocycles. The SMILES string of the molecule is Cl.O=C(COc1ccc(Cl)cc1)NC1CCNCC1. The van der Waals surface area contributed by atoms with Crippen molar-refractivity contribution in [3.63, 3.8) is 0 Å². The van der Waals surface area contributed by atoms with E-state index in [-0.39, 0.29) is 31.0 Å². The molecule has 2 rings (SSSR count). The standard InChI is InChI=1S/C13H17ClN2O2.ClH/c14-10-1-3-12(4-2-10)18-9-13(17)16-11-5-7-15-8-6-11;/h1-4,11,15H,5-9H2,(H,16,17);1H. The molecule has 1 aliphatic rings. The predicted octanol–water partition coefficient (Wildman–Crippen LogP) is 2.01. The van der Waals surface area contributed by atoms with Crippen LogP contribution in [-0.2, 0) is 4.79 Å². The maximum atomic E-state index is 11.7. The minimum atomic E-state index is -0.0724. The quantitative estimate of drug-likeness (QED) is 0.894. The van der Waals surface area contributed by atoms with Gasteiger partial charge in [-0.25, -0.2) is 0 Å². The molecule has 0 spiro atoms. The van der Waals surface area contributed by atoms with Gasteiger partial charge in [0, 0.05) is 11.1 Å². The van der Waals surface area contributed by atoms with Crippen LogP contribution in [0.15, 0.2) is 24.3 Å². The molecule has 19 heavy (non-hydrogen) atoms. The van der Waals surface area contributed by atoms with Gasteiger partial charge in [0.1, 0.15) is 5.75 Å². The molecular formula is C13H18Cl2N2O2. The Balaban J connectivity index is 0.00000180. The van der Waals surface area contributed by atoms with Crippen LogP contribution in [0.2, 0.25) is 5.02 Å². The number of rotatable bonds is 4. The number of ether oxygens (including phenoxy) is 1. The van der Waals surface area contributed by atoms with Gasteiger partial charge in [-0.15, -0.1) is 12.4 Å². The van der Waals surface area contributed by atoms with E-state index >= 15 is 0 Å². The fourth-order valence-electron chi connectivity index (χ4n) is 1.92. The second kappa shape index (κ2) is 8.25. The summed E-state index contributed by atoms with van der Waals surface area (Å²) in [6.07, 6.45) is 1.96. The Kier molecular flexibility index (Phi) is 6.99. The van der Waals surface area contributed by atoms with Gasteiger partial charge in [-0.2, -0.15) is 0 Å². The third-order valence-corrected chi connectivity index (χ3v) is 3.14. The molecule has 1 amide bonds. The number of hydrogen-bond acceptors (Lipinski definition) is 3. The lowest BCUT2D eigenvalue weighted by atomic mass is 10.1. The van der Waals surface area contributed by atoms with Gasteiger partial charge in [-0.05, 0) is 50.2 Å². The number of carbonyl (C=O) groups excluding carboxylic acids is 1. The highest BCUT2D eigenvalue weighted by atomic mass is 35.5. The Bertz CT molecular complexity index is 392. The molecule has 0 aromatic heterocycles. The molecule has 1 saturated heterocycles. The molecule has 1 aromatic rings. The maximum absolute atomic E-state index is 11.7. The summed E-state index contributed by atoms with van der Waals surface area (Å²) in [5, 5.41) is 6.88. The minimum Gasteiger partial charge on any atom is -0.484 e. The number of amides is 1. The average molecular weight is 305 g/mol. The highest BCUT2D eigenvalue weighted by molar-refractivity contribution is 6.30. The van der Waals surface area contributed by atoms with Crippen molar-refractivity contribution in [2.24, 2.45) is 0 Å². The van der Waals surface area contributed by atoms with E-state index in [1.165, 1.54) is 0 Å². The summed E-state index contributed by atoms with van der Waals surface area (Å²) >= 11 is 5.76. The summed E-state index contributed by atoms with van der Waals surface area (Å²) in [7, 11) is 0. The van der Waals surface area contributed by atoms with E-state index in [9.17, 15) is 4.79 Å². The van der Waals surface area contributed by atoms with Crippen LogP contribution in [0.3, 0.4) is 0 Å². The lowest BCUT2D eigenvalue weighted by Gasteiger charge is -2.23. The highest BCUT2D eigenvalue weighted by Crippen LogP contribution is 2.15. The Labute approximate surface area is 124 Å². The first kappa shape index (κ1) is 16.1. The van der Waals surface area contributed by atoms with Crippen LogP contribution in [-0.4, -0.2) is 31.6 Å². The van der Waals surface area contributed by atoms with Crippen molar-refractivity contribution in [2.75, 3.05) is 19.7 Å². The third-order valence-electron chi connectivity index (χ3n) is 2.89. The minimum absolute atomic E-state index is 0. The van der Waals surface area contributed by atoms with Crippen LogP contribution in [0.25, 0.3) is 0 Å². The average Bonchev–Trinajstić information content (AvgIpc) is 2.39. The van der Waals surface area contributed by atoms with Crippen LogP contribution >= 0.6 is 24.0 Å². The molecule has 0 radical (unpaired) electrons. The third kappa shape index (κ3) is 5.68. The molecule has 6 heteroatoms. The van der Waals surface area contributed by atoms with Gasteiger partial charge in [-0.1, -0.05) is 11.6 Å².